The number of benzene rings is 2. The van der Waals surface area contributed by atoms with Crippen molar-refractivity contribution < 1.29 is 9.84 Å². The zero-order chi connectivity index (χ0) is 17.2. The van der Waals surface area contributed by atoms with Gasteiger partial charge >= 0.3 is 0 Å². The van der Waals surface area contributed by atoms with Gasteiger partial charge in [-0.3, -0.25) is 0 Å². The summed E-state index contributed by atoms with van der Waals surface area (Å²) in [6.45, 7) is 0.639. The van der Waals surface area contributed by atoms with Gasteiger partial charge in [-0.2, -0.15) is 0 Å². The summed E-state index contributed by atoms with van der Waals surface area (Å²) in [5, 5.41) is 14.6. The van der Waals surface area contributed by atoms with Crippen LogP contribution >= 0.6 is 0 Å². The summed E-state index contributed by atoms with van der Waals surface area (Å²) in [5.41, 5.74) is 13.4. The number of hydrogen-bond donors (Lipinski definition) is 1. The summed E-state index contributed by atoms with van der Waals surface area (Å²) in [7, 11) is 0. The van der Waals surface area contributed by atoms with Gasteiger partial charge in [0, 0.05) is 16.3 Å². The molecule has 2 aromatic rings. The Labute approximate surface area is 146 Å². The summed E-state index contributed by atoms with van der Waals surface area (Å²) < 4.78 is 5.68. The third-order valence-electron chi connectivity index (χ3n) is 5.06. The lowest BCUT2D eigenvalue weighted by molar-refractivity contribution is -0.0191. The van der Waals surface area contributed by atoms with E-state index in [1.807, 2.05) is 24.3 Å². The molecular formula is C19H20N4O2. The van der Waals surface area contributed by atoms with Crippen molar-refractivity contribution in [1.82, 2.24) is 0 Å². The van der Waals surface area contributed by atoms with Crippen LogP contribution in [0.3, 0.4) is 0 Å². The van der Waals surface area contributed by atoms with Crippen LogP contribution in [0.4, 0.5) is 11.4 Å². The number of aliphatic hydroxyl groups is 1. The lowest BCUT2D eigenvalue weighted by Gasteiger charge is -2.41. The SMILES string of the molecule is [N-]=[N+]=N[C@@H]1COC[C@H](N2c3ccccc3CCc3ccccc32)[C@H]1O. The Kier molecular flexibility index (Phi) is 4.32. The maximum absolute atomic E-state index is 10.9. The van der Waals surface area contributed by atoms with Crippen molar-refractivity contribution in [3.63, 3.8) is 0 Å². The first-order valence-electron chi connectivity index (χ1n) is 8.54. The van der Waals surface area contributed by atoms with Crippen molar-refractivity contribution in [2.45, 2.75) is 31.0 Å². The topological polar surface area (TPSA) is 81.5 Å². The summed E-state index contributed by atoms with van der Waals surface area (Å²) in [4.78, 5) is 5.03. The van der Waals surface area contributed by atoms with Gasteiger partial charge in [-0.25, -0.2) is 0 Å². The Morgan fingerprint density at radius 3 is 2.20 bits per heavy atom. The number of azide groups is 1. The van der Waals surface area contributed by atoms with E-state index < -0.39 is 12.1 Å². The highest BCUT2D eigenvalue weighted by Gasteiger charge is 2.38. The second kappa shape index (κ2) is 6.76. The van der Waals surface area contributed by atoms with E-state index in [-0.39, 0.29) is 12.6 Å². The molecule has 25 heavy (non-hydrogen) atoms. The zero-order valence-corrected chi connectivity index (χ0v) is 13.8. The number of rotatable bonds is 2. The molecule has 0 aliphatic carbocycles. The minimum atomic E-state index is -0.788. The van der Waals surface area contributed by atoms with E-state index in [1.54, 1.807) is 0 Å². The van der Waals surface area contributed by atoms with Crippen LogP contribution in [-0.4, -0.2) is 36.5 Å². The van der Waals surface area contributed by atoms with Gasteiger partial charge in [-0.05, 0) is 41.6 Å². The quantitative estimate of drug-likeness (QED) is 0.519. The molecule has 128 valence electrons. The van der Waals surface area contributed by atoms with Crippen LogP contribution in [0.2, 0.25) is 0 Å². The van der Waals surface area contributed by atoms with Crippen LogP contribution in [0.5, 0.6) is 0 Å². The summed E-state index contributed by atoms with van der Waals surface area (Å²) in [6.07, 6.45) is 1.11. The van der Waals surface area contributed by atoms with E-state index in [0.717, 1.165) is 24.2 Å². The van der Waals surface area contributed by atoms with Crippen LogP contribution in [0.1, 0.15) is 11.1 Å². The van der Waals surface area contributed by atoms with Gasteiger partial charge in [0.2, 0.25) is 0 Å². The second-order valence-corrected chi connectivity index (χ2v) is 6.50. The van der Waals surface area contributed by atoms with E-state index in [1.165, 1.54) is 11.1 Å². The predicted molar refractivity (Wildman–Crippen MR) is 96.0 cm³/mol. The van der Waals surface area contributed by atoms with Crippen LogP contribution in [-0.2, 0) is 17.6 Å². The van der Waals surface area contributed by atoms with Gasteiger partial charge in [0.1, 0.15) is 0 Å². The Bertz CT molecular complexity index is 771. The molecule has 2 aliphatic heterocycles. The fraction of sp³-hybridized carbons (Fsp3) is 0.368. The number of anilines is 2. The Morgan fingerprint density at radius 2 is 1.60 bits per heavy atom. The average molecular weight is 336 g/mol. The minimum absolute atomic E-state index is 0.249. The lowest BCUT2D eigenvalue weighted by atomic mass is 9.98. The largest absolute Gasteiger partial charge is 0.390 e. The van der Waals surface area contributed by atoms with Gasteiger partial charge in [0.05, 0.1) is 31.4 Å². The van der Waals surface area contributed by atoms with Crippen molar-refractivity contribution in [1.29, 1.82) is 0 Å². The summed E-state index contributed by atoms with van der Waals surface area (Å²) in [5.74, 6) is 0. The molecule has 6 heteroatoms. The highest BCUT2D eigenvalue weighted by Crippen LogP contribution is 2.39. The normalized spacial score (nSPS) is 25.3. The number of nitrogens with zero attached hydrogens (tertiary/aromatic N) is 4. The molecule has 3 atom stereocenters. The average Bonchev–Trinajstić information content (AvgIpc) is 2.81. The standard InChI is InChI=1S/C19H20N4O2/c20-22-21-15-11-25-12-18(19(15)24)23-16-7-3-1-5-13(16)9-10-14-6-2-4-8-17(14)23/h1-8,15,18-19,24H,9-12H2/t15-,18+,19+/m1/s1. The first kappa shape index (κ1) is 16.0. The van der Waals surface area contributed by atoms with Crippen molar-refractivity contribution in [3.05, 3.63) is 70.1 Å². The van der Waals surface area contributed by atoms with Gasteiger partial charge in [0.25, 0.3) is 0 Å². The van der Waals surface area contributed by atoms with Gasteiger partial charge < -0.3 is 14.7 Å². The number of fused-ring (bicyclic) bond motifs is 2. The Morgan fingerprint density at radius 1 is 1.00 bits per heavy atom. The number of para-hydroxylation sites is 2. The molecule has 4 rings (SSSR count). The fourth-order valence-corrected chi connectivity index (χ4v) is 3.83. The van der Waals surface area contributed by atoms with Crippen LogP contribution in [0.25, 0.3) is 10.4 Å². The maximum Gasteiger partial charge on any atom is 0.0888 e. The maximum atomic E-state index is 10.9. The van der Waals surface area contributed by atoms with E-state index in [2.05, 4.69) is 39.2 Å². The molecule has 0 saturated carbocycles. The summed E-state index contributed by atoms with van der Waals surface area (Å²) in [6, 6.07) is 15.7. The highest BCUT2D eigenvalue weighted by molar-refractivity contribution is 5.72. The Balaban J connectivity index is 1.83. The van der Waals surface area contributed by atoms with Crippen LogP contribution in [0, 0.1) is 0 Å². The minimum Gasteiger partial charge on any atom is -0.390 e. The highest BCUT2D eigenvalue weighted by atomic mass is 16.5. The predicted octanol–water partition coefficient (Wildman–Crippen LogP) is 3.36. The molecule has 1 N–H and O–H groups in total. The molecule has 0 amide bonds. The number of hydrogen-bond acceptors (Lipinski definition) is 4. The molecule has 0 radical (unpaired) electrons. The van der Waals surface area contributed by atoms with E-state index in [9.17, 15) is 5.11 Å². The Hall–Kier alpha value is -2.53. The van der Waals surface area contributed by atoms with E-state index in [0.29, 0.717) is 6.61 Å². The molecule has 0 bridgehead atoms. The molecule has 2 aliphatic rings. The molecule has 0 aromatic heterocycles. The van der Waals surface area contributed by atoms with Gasteiger partial charge in [-0.15, -0.1) is 0 Å². The fourth-order valence-electron chi connectivity index (χ4n) is 3.83. The van der Waals surface area contributed by atoms with Crippen molar-refractivity contribution in [2.24, 2.45) is 5.11 Å². The molecule has 0 unspecified atom stereocenters. The molecule has 2 heterocycles. The number of ether oxygens (including phenoxy) is 1. The third-order valence-corrected chi connectivity index (χ3v) is 5.06. The molecule has 2 aromatic carbocycles. The monoisotopic (exact) mass is 336 g/mol. The second-order valence-electron chi connectivity index (χ2n) is 6.50. The van der Waals surface area contributed by atoms with Crippen LogP contribution < -0.4 is 4.90 Å². The van der Waals surface area contributed by atoms with Crippen molar-refractivity contribution in [2.75, 3.05) is 18.1 Å². The first-order valence-corrected chi connectivity index (χ1v) is 8.54. The third kappa shape index (κ3) is 2.85. The number of aliphatic hydroxyl groups excluding tert-OH is 1. The first-order chi connectivity index (χ1) is 12.3. The van der Waals surface area contributed by atoms with Gasteiger partial charge in [-0.1, -0.05) is 41.5 Å². The molecule has 1 fully saturated rings. The van der Waals surface area contributed by atoms with Crippen LogP contribution in [0.15, 0.2) is 53.6 Å². The van der Waals surface area contributed by atoms with Gasteiger partial charge in [0.15, 0.2) is 0 Å². The molecular weight excluding hydrogens is 316 g/mol. The number of aryl methyl sites for hydroxylation is 2. The van der Waals surface area contributed by atoms with E-state index >= 15 is 0 Å². The zero-order valence-electron chi connectivity index (χ0n) is 13.8. The summed E-state index contributed by atoms with van der Waals surface area (Å²) >= 11 is 0. The molecule has 6 nitrogen and oxygen atoms in total. The van der Waals surface area contributed by atoms with Crippen molar-refractivity contribution >= 4 is 11.4 Å². The smallest absolute Gasteiger partial charge is 0.0888 e. The van der Waals surface area contributed by atoms with E-state index in [4.69, 9.17) is 10.3 Å². The molecule has 0 spiro atoms. The molecule has 1 saturated heterocycles. The lowest BCUT2D eigenvalue weighted by Crippen LogP contribution is -2.54. The van der Waals surface area contributed by atoms with Crippen molar-refractivity contribution in [3.8, 4) is 0 Å².